The minimum absolute atomic E-state index is 0.268. The van der Waals surface area contributed by atoms with Crippen LogP contribution in [-0.4, -0.2) is 54.2 Å². The summed E-state index contributed by atoms with van der Waals surface area (Å²) in [6.07, 6.45) is 0.268. The van der Waals surface area contributed by atoms with Crippen LogP contribution in [0.25, 0.3) is 0 Å². The van der Waals surface area contributed by atoms with Gasteiger partial charge in [-0.2, -0.15) is 0 Å². The van der Waals surface area contributed by atoms with Crippen molar-refractivity contribution in [2.45, 2.75) is 26.3 Å². The lowest BCUT2D eigenvalue weighted by Crippen LogP contribution is -2.55. The van der Waals surface area contributed by atoms with Gasteiger partial charge >= 0.3 is 12.0 Å². The molecule has 1 fully saturated rings. The third-order valence-corrected chi connectivity index (χ3v) is 5.36. The Morgan fingerprint density at radius 2 is 1.68 bits per heavy atom. The first-order valence-corrected chi connectivity index (χ1v) is 9.59. The molecule has 0 bridgehead atoms. The van der Waals surface area contributed by atoms with Crippen LogP contribution in [0.1, 0.15) is 16.7 Å². The summed E-state index contributed by atoms with van der Waals surface area (Å²) in [4.78, 5) is 28.2. The number of rotatable bonds is 5. The number of benzene rings is 2. The summed E-state index contributed by atoms with van der Waals surface area (Å²) in [6.45, 7) is 6.81. The van der Waals surface area contributed by atoms with Gasteiger partial charge in [-0.15, -0.1) is 0 Å². The minimum Gasteiger partial charge on any atom is -0.480 e. The van der Waals surface area contributed by atoms with E-state index in [4.69, 9.17) is 0 Å². The first-order chi connectivity index (χ1) is 13.5. The maximum atomic E-state index is 12.6. The predicted molar refractivity (Wildman–Crippen MR) is 110 cm³/mol. The van der Waals surface area contributed by atoms with E-state index in [2.05, 4.69) is 42.3 Å². The van der Waals surface area contributed by atoms with E-state index < -0.39 is 12.0 Å². The van der Waals surface area contributed by atoms with Crippen LogP contribution in [-0.2, 0) is 11.2 Å². The lowest BCUT2D eigenvalue weighted by Gasteiger charge is -2.37. The Kier molecular flexibility index (Phi) is 6.19. The molecule has 148 valence electrons. The number of carbonyl (C=O) groups is 2. The number of aliphatic carboxylic acids is 1. The summed E-state index contributed by atoms with van der Waals surface area (Å²) in [6, 6.07) is 14.3. The van der Waals surface area contributed by atoms with Crippen molar-refractivity contribution in [3.8, 4) is 0 Å². The van der Waals surface area contributed by atoms with Crippen molar-refractivity contribution in [3.63, 3.8) is 0 Å². The van der Waals surface area contributed by atoms with Crippen LogP contribution < -0.4 is 10.2 Å². The number of urea groups is 1. The zero-order valence-corrected chi connectivity index (χ0v) is 16.4. The molecule has 0 spiro atoms. The molecule has 1 unspecified atom stereocenters. The molecule has 0 aliphatic carbocycles. The Hall–Kier alpha value is -3.02. The zero-order chi connectivity index (χ0) is 20.1. The lowest BCUT2D eigenvalue weighted by molar-refractivity contribution is -0.139. The average molecular weight is 381 g/mol. The number of carbonyl (C=O) groups excluding carboxylic acids is 1. The summed E-state index contributed by atoms with van der Waals surface area (Å²) in [5.74, 6) is -1.02. The SMILES string of the molecule is Cc1cccc(N2CCN(C(=O)NC(Cc3ccccc3)C(=O)O)CC2)c1C. The third-order valence-electron chi connectivity index (χ3n) is 5.36. The molecule has 2 N–H and O–H groups in total. The van der Waals surface area contributed by atoms with Crippen LogP contribution in [0.5, 0.6) is 0 Å². The highest BCUT2D eigenvalue weighted by Gasteiger charge is 2.26. The van der Waals surface area contributed by atoms with E-state index >= 15 is 0 Å². The standard InChI is InChI=1S/C22H27N3O3/c1-16-7-6-10-20(17(16)2)24-11-13-25(14-12-24)22(28)23-19(21(26)27)15-18-8-4-3-5-9-18/h3-10,19H,11-15H2,1-2H3,(H,23,28)(H,26,27). The van der Waals surface area contributed by atoms with Gasteiger partial charge in [-0.25, -0.2) is 9.59 Å². The second-order valence-electron chi connectivity index (χ2n) is 7.22. The first kappa shape index (κ1) is 19.7. The Bertz CT molecular complexity index is 830. The molecule has 2 aromatic rings. The molecule has 2 amide bonds. The van der Waals surface area contributed by atoms with E-state index in [1.54, 1.807) is 4.90 Å². The molecule has 0 saturated carbocycles. The zero-order valence-electron chi connectivity index (χ0n) is 16.4. The van der Waals surface area contributed by atoms with Crippen molar-refractivity contribution in [1.82, 2.24) is 10.2 Å². The molecule has 6 nitrogen and oxygen atoms in total. The van der Waals surface area contributed by atoms with E-state index in [9.17, 15) is 14.7 Å². The van der Waals surface area contributed by atoms with Crippen LogP contribution in [0.4, 0.5) is 10.5 Å². The summed E-state index contributed by atoms with van der Waals surface area (Å²) in [5.41, 5.74) is 4.60. The van der Waals surface area contributed by atoms with Gasteiger partial charge in [0.2, 0.25) is 0 Å². The minimum atomic E-state index is -1.02. The molecular formula is C22H27N3O3. The average Bonchev–Trinajstić information content (AvgIpc) is 2.70. The monoisotopic (exact) mass is 381 g/mol. The van der Waals surface area contributed by atoms with Crippen molar-refractivity contribution in [2.24, 2.45) is 0 Å². The van der Waals surface area contributed by atoms with Crippen LogP contribution in [0, 0.1) is 13.8 Å². The molecule has 1 aliphatic heterocycles. The Morgan fingerprint density at radius 1 is 1.00 bits per heavy atom. The smallest absolute Gasteiger partial charge is 0.326 e. The summed E-state index contributed by atoms with van der Waals surface area (Å²) >= 11 is 0. The van der Waals surface area contributed by atoms with Crippen molar-refractivity contribution >= 4 is 17.7 Å². The fourth-order valence-electron chi connectivity index (χ4n) is 3.52. The van der Waals surface area contributed by atoms with Crippen LogP contribution in [0.3, 0.4) is 0 Å². The van der Waals surface area contributed by atoms with Crippen LogP contribution in [0.15, 0.2) is 48.5 Å². The summed E-state index contributed by atoms with van der Waals surface area (Å²) in [7, 11) is 0. The molecule has 2 aromatic carbocycles. The molecule has 28 heavy (non-hydrogen) atoms. The Balaban J connectivity index is 1.58. The van der Waals surface area contributed by atoms with Gasteiger partial charge < -0.3 is 20.2 Å². The van der Waals surface area contributed by atoms with Gasteiger partial charge in [0.05, 0.1) is 0 Å². The highest BCUT2D eigenvalue weighted by Crippen LogP contribution is 2.23. The summed E-state index contributed by atoms with van der Waals surface area (Å²) < 4.78 is 0. The molecule has 1 heterocycles. The quantitative estimate of drug-likeness (QED) is 0.835. The molecule has 0 radical (unpaired) electrons. The topological polar surface area (TPSA) is 72.9 Å². The predicted octanol–water partition coefficient (Wildman–Crippen LogP) is 2.83. The fraction of sp³-hybridized carbons (Fsp3) is 0.364. The van der Waals surface area contributed by atoms with E-state index in [1.165, 1.54) is 16.8 Å². The van der Waals surface area contributed by atoms with Gasteiger partial charge in [-0.3, -0.25) is 0 Å². The second kappa shape index (κ2) is 8.78. The molecule has 6 heteroatoms. The van der Waals surface area contributed by atoms with Gasteiger partial charge in [-0.05, 0) is 36.6 Å². The molecule has 3 rings (SSSR count). The first-order valence-electron chi connectivity index (χ1n) is 9.59. The number of hydrogen-bond donors (Lipinski definition) is 2. The highest BCUT2D eigenvalue weighted by atomic mass is 16.4. The van der Waals surface area contributed by atoms with E-state index in [-0.39, 0.29) is 12.5 Å². The Morgan fingerprint density at radius 3 is 2.32 bits per heavy atom. The maximum absolute atomic E-state index is 12.6. The van der Waals surface area contributed by atoms with E-state index in [0.29, 0.717) is 13.1 Å². The number of piperazine rings is 1. The van der Waals surface area contributed by atoms with Crippen LogP contribution in [0.2, 0.25) is 0 Å². The van der Waals surface area contributed by atoms with Crippen molar-refractivity contribution in [2.75, 3.05) is 31.1 Å². The van der Waals surface area contributed by atoms with Crippen molar-refractivity contribution in [1.29, 1.82) is 0 Å². The highest BCUT2D eigenvalue weighted by molar-refractivity contribution is 5.83. The number of nitrogens with zero attached hydrogens (tertiary/aromatic N) is 2. The second-order valence-corrected chi connectivity index (χ2v) is 7.22. The largest absolute Gasteiger partial charge is 0.480 e. The van der Waals surface area contributed by atoms with Crippen LogP contribution >= 0.6 is 0 Å². The molecule has 1 aliphatic rings. The summed E-state index contributed by atoms with van der Waals surface area (Å²) in [5, 5.41) is 12.2. The molecule has 1 atom stereocenters. The number of anilines is 1. The number of nitrogens with one attached hydrogen (secondary N) is 1. The number of aryl methyl sites for hydroxylation is 1. The number of carboxylic acid groups (broad SMARTS) is 1. The molecule has 0 aromatic heterocycles. The normalized spacial score (nSPS) is 15.2. The number of carboxylic acids is 1. The number of hydrogen-bond acceptors (Lipinski definition) is 3. The van der Waals surface area contributed by atoms with Gasteiger partial charge in [0.15, 0.2) is 0 Å². The lowest BCUT2D eigenvalue weighted by atomic mass is 10.1. The third kappa shape index (κ3) is 4.63. The van der Waals surface area contributed by atoms with Crippen molar-refractivity contribution in [3.05, 3.63) is 65.2 Å². The van der Waals surface area contributed by atoms with Gasteiger partial charge in [-0.1, -0.05) is 42.5 Å². The Labute approximate surface area is 165 Å². The molecule has 1 saturated heterocycles. The number of amides is 2. The maximum Gasteiger partial charge on any atom is 0.326 e. The van der Waals surface area contributed by atoms with E-state index in [1.807, 2.05) is 30.3 Å². The van der Waals surface area contributed by atoms with Gasteiger partial charge in [0.25, 0.3) is 0 Å². The van der Waals surface area contributed by atoms with E-state index in [0.717, 1.165) is 18.7 Å². The molecular weight excluding hydrogens is 354 g/mol. The van der Waals surface area contributed by atoms with Gasteiger partial charge in [0.1, 0.15) is 6.04 Å². The fourth-order valence-corrected chi connectivity index (χ4v) is 3.52. The van der Waals surface area contributed by atoms with Gasteiger partial charge in [0, 0.05) is 38.3 Å². The van der Waals surface area contributed by atoms with Crippen molar-refractivity contribution < 1.29 is 14.7 Å².